The first kappa shape index (κ1) is 13.1. The lowest BCUT2D eigenvalue weighted by Crippen LogP contribution is -2.09. The van der Waals surface area contributed by atoms with Gasteiger partial charge in [-0.2, -0.15) is 5.10 Å². The number of benzene rings is 1. The summed E-state index contributed by atoms with van der Waals surface area (Å²) in [6.45, 7) is 5.96. The van der Waals surface area contributed by atoms with E-state index >= 15 is 0 Å². The first-order valence-electron chi connectivity index (χ1n) is 6.12. The van der Waals surface area contributed by atoms with Crippen molar-refractivity contribution in [2.75, 3.05) is 0 Å². The van der Waals surface area contributed by atoms with Crippen LogP contribution in [0.1, 0.15) is 36.3 Å². The lowest BCUT2D eigenvalue weighted by Gasteiger charge is -2.11. The third-order valence-corrected chi connectivity index (χ3v) is 3.73. The van der Waals surface area contributed by atoms with Gasteiger partial charge in [0.05, 0.1) is 22.1 Å². The second kappa shape index (κ2) is 5.12. The van der Waals surface area contributed by atoms with Gasteiger partial charge >= 0.3 is 0 Å². The van der Waals surface area contributed by atoms with Gasteiger partial charge in [-0.05, 0) is 38.0 Å². The Morgan fingerprint density at radius 3 is 2.67 bits per heavy atom. The van der Waals surface area contributed by atoms with E-state index in [-0.39, 0.29) is 6.04 Å². The fourth-order valence-electron chi connectivity index (χ4n) is 2.00. The minimum atomic E-state index is 0.0670. The number of nitrogens with two attached hydrogens (primary N) is 1. The predicted octanol–water partition coefficient (Wildman–Crippen LogP) is 3.55. The average Bonchev–Trinajstić information content (AvgIpc) is 2.66. The molecule has 0 amide bonds. The molecular weight excluding hydrogens is 246 g/mol. The van der Waals surface area contributed by atoms with Gasteiger partial charge in [0, 0.05) is 6.04 Å². The molecule has 18 heavy (non-hydrogen) atoms. The summed E-state index contributed by atoms with van der Waals surface area (Å²) in [6, 6.07) is 8.21. The van der Waals surface area contributed by atoms with Crippen molar-refractivity contribution >= 4 is 11.6 Å². The number of halogens is 1. The van der Waals surface area contributed by atoms with E-state index in [0.717, 1.165) is 34.1 Å². The summed E-state index contributed by atoms with van der Waals surface area (Å²) in [5.74, 6) is 0. The Labute approximate surface area is 113 Å². The highest BCUT2D eigenvalue weighted by Crippen LogP contribution is 2.24. The third kappa shape index (κ3) is 2.28. The fraction of sp³-hybridized carbons (Fsp3) is 0.357. The van der Waals surface area contributed by atoms with E-state index in [4.69, 9.17) is 17.3 Å². The molecule has 0 aliphatic carbocycles. The highest BCUT2D eigenvalue weighted by molar-refractivity contribution is 6.31. The molecule has 0 bridgehead atoms. The van der Waals surface area contributed by atoms with E-state index in [0.29, 0.717) is 0 Å². The van der Waals surface area contributed by atoms with Crippen LogP contribution in [0.2, 0.25) is 5.02 Å². The van der Waals surface area contributed by atoms with E-state index in [1.54, 1.807) is 0 Å². The van der Waals surface area contributed by atoms with Crippen molar-refractivity contribution in [3.05, 3.63) is 46.2 Å². The van der Waals surface area contributed by atoms with Crippen LogP contribution in [0.5, 0.6) is 0 Å². The van der Waals surface area contributed by atoms with Crippen molar-refractivity contribution < 1.29 is 0 Å². The van der Waals surface area contributed by atoms with E-state index < -0.39 is 0 Å². The van der Waals surface area contributed by atoms with Crippen LogP contribution < -0.4 is 5.73 Å². The van der Waals surface area contributed by atoms with Crippen molar-refractivity contribution in [1.29, 1.82) is 0 Å². The van der Waals surface area contributed by atoms with Crippen molar-refractivity contribution in [2.24, 2.45) is 5.73 Å². The summed E-state index contributed by atoms with van der Waals surface area (Å²) >= 11 is 6.17. The Bertz CT molecular complexity index is 560. The van der Waals surface area contributed by atoms with Gasteiger partial charge in [0.15, 0.2) is 0 Å². The molecule has 4 heteroatoms. The molecular formula is C14H18ClN3. The van der Waals surface area contributed by atoms with Gasteiger partial charge in [-0.25, -0.2) is 4.68 Å². The standard InChI is InChI=1S/C14H18ClN3/c1-4-13(16)11-6-5-7-12(8-11)18-10(3)14(15)9(2)17-18/h5-8,13H,4,16H2,1-3H3. The molecule has 0 radical (unpaired) electrons. The quantitative estimate of drug-likeness (QED) is 0.920. The van der Waals surface area contributed by atoms with E-state index in [1.807, 2.05) is 36.7 Å². The molecule has 0 aliphatic rings. The van der Waals surface area contributed by atoms with Crippen molar-refractivity contribution in [3.8, 4) is 5.69 Å². The van der Waals surface area contributed by atoms with Gasteiger partial charge in [-0.15, -0.1) is 0 Å². The largest absolute Gasteiger partial charge is 0.324 e. The Hall–Kier alpha value is -1.32. The van der Waals surface area contributed by atoms with Crippen LogP contribution in [-0.4, -0.2) is 9.78 Å². The number of rotatable bonds is 3. The maximum absolute atomic E-state index is 6.17. The smallest absolute Gasteiger partial charge is 0.0848 e. The average molecular weight is 264 g/mol. The highest BCUT2D eigenvalue weighted by atomic mass is 35.5. The van der Waals surface area contributed by atoms with Gasteiger partial charge in [-0.1, -0.05) is 30.7 Å². The van der Waals surface area contributed by atoms with Gasteiger partial charge in [0.2, 0.25) is 0 Å². The zero-order valence-electron chi connectivity index (χ0n) is 10.9. The van der Waals surface area contributed by atoms with Crippen molar-refractivity contribution in [3.63, 3.8) is 0 Å². The first-order valence-corrected chi connectivity index (χ1v) is 6.50. The molecule has 1 heterocycles. The number of nitrogens with zero attached hydrogens (tertiary/aromatic N) is 2. The maximum Gasteiger partial charge on any atom is 0.0848 e. The molecule has 1 unspecified atom stereocenters. The van der Waals surface area contributed by atoms with Crippen LogP contribution in [0.25, 0.3) is 5.69 Å². The summed E-state index contributed by atoms with van der Waals surface area (Å²) in [6.07, 6.45) is 0.918. The molecule has 1 atom stereocenters. The summed E-state index contributed by atoms with van der Waals surface area (Å²) in [5.41, 5.74) is 9.99. The third-order valence-electron chi connectivity index (χ3n) is 3.19. The SMILES string of the molecule is CCC(N)c1cccc(-n2nc(C)c(Cl)c2C)c1. The van der Waals surface area contributed by atoms with E-state index in [2.05, 4.69) is 18.1 Å². The Morgan fingerprint density at radius 2 is 2.11 bits per heavy atom. The Balaban J connectivity index is 2.48. The Kier molecular flexibility index (Phi) is 3.73. The maximum atomic E-state index is 6.17. The second-order valence-corrected chi connectivity index (χ2v) is 4.88. The van der Waals surface area contributed by atoms with Gasteiger partial charge in [-0.3, -0.25) is 0 Å². The van der Waals surface area contributed by atoms with E-state index in [9.17, 15) is 0 Å². The minimum absolute atomic E-state index is 0.0670. The van der Waals surface area contributed by atoms with Crippen LogP contribution in [0.15, 0.2) is 24.3 Å². The molecule has 1 aromatic heterocycles. The summed E-state index contributed by atoms with van der Waals surface area (Å²) in [5, 5.41) is 5.17. The Morgan fingerprint density at radius 1 is 1.39 bits per heavy atom. The summed E-state index contributed by atoms with van der Waals surface area (Å²) in [4.78, 5) is 0. The molecule has 2 N–H and O–H groups in total. The number of aromatic nitrogens is 2. The number of aryl methyl sites for hydroxylation is 1. The normalized spacial score (nSPS) is 12.7. The number of hydrogen-bond acceptors (Lipinski definition) is 2. The lowest BCUT2D eigenvalue weighted by molar-refractivity contribution is 0.696. The van der Waals surface area contributed by atoms with Crippen LogP contribution in [-0.2, 0) is 0 Å². The zero-order chi connectivity index (χ0) is 13.3. The molecule has 0 spiro atoms. The first-order chi connectivity index (χ1) is 8.54. The fourth-order valence-corrected chi connectivity index (χ4v) is 2.12. The summed E-state index contributed by atoms with van der Waals surface area (Å²) < 4.78 is 1.86. The van der Waals surface area contributed by atoms with E-state index in [1.165, 1.54) is 0 Å². The van der Waals surface area contributed by atoms with Gasteiger partial charge in [0.1, 0.15) is 0 Å². The molecule has 0 fully saturated rings. The topological polar surface area (TPSA) is 43.8 Å². The lowest BCUT2D eigenvalue weighted by atomic mass is 10.1. The second-order valence-electron chi connectivity index (χ2n) is 4.51. The molecule has 2 rings (SSSR count). The minimum Gasteiger partial charge on any atom is -0.324 e. The monoisotopic (exact) mass is 263 g/mol. The number of hydrogen-bond donors (Lipinski definition) is 1. The van der Waals surface area contributed by atoms with Gasteiger partial charge in [0.25, 0.3) is 0 Å². The van der Waals surface area contributed by atoms with Crippen LogP contribution in [0, 0.1) is 13.8 Å². The predicted molar refractivity (Wildman–Crippen MR) is 75.3 cm³/mol. The van der Waals surface area contributed by atoms with Crippen LogP contribution in [0.3, 0.4) is 0 Å². The molecule has 0 saturated carbocycles. The highest BCUT2D eigenvalue weighted by Gasteiger charge is 2.11. The van der Waals surface area contributed by atoms with Crippen molar-refractivity contribution in [2.45, 2.75) is 33.2 Å². The van der Waals surface area contributed by atoms with Crippen molar-refractivity contribution in [1.82, 2.24) is 9.78 Å². The summed E-state index contributed by atoms with van der Waals surface area (Å²) in [7, 11) is 0. The molecule has 96 valence electrons. The molecule has 1 aromatic carbocycles. The molecule has 0 aliphatic heterocycles. The van der Waals surface area contributed by atoms with Gasteiger partial charge < -0.3 is 5.73 Å². The molecule has 3 nitrogen and oxygen atoms in total. The van der Waals surface area contributed by atoms with Crippen LogP contribution in [0.4, 0.5) is 0 Å². The molecule has 0 saturated heterocycles. The molecule has 2 aromatic rings. The zero-order valence-corrected chi connectivity index (χ0v) is 11.7. The van der Waals surface area contributed by atoms with Crippen LogP contribution >= 0.6 is 11.6 Å².